The molecule has 22 heavy (non-hydrogen) atoms. The molecule has 1 heterocycles. The molecule has 6 heteroatoms. The molecule has 3 rings (SSSR count). The van der Waals surface area contributed by atoms with Crippen molar-refractivity contribution >= 4 is 17.4 Å². The van der Waals surface area contributed by atoms with E-state index in [1.165, 1.54) is 37.2 Å². The Hall–Kier alpha value is -1.01. The van der Waals surface area contributed by atoms with Crippen molar-refractivity contribution < 1.29 is 9.53 Å². The lowest BCUT2D eigenvalue weighted by Crippen LogP contribution is -2.64. The van der Waals surface area contributed by atoms with Gasteiger partial charge in [-0.15, -0.1) is 5.10 Å². The van der Waals surface area contributed by atoms with E-state index in [1.807, 2.05) is 18.9 Å². The molecule has 1 aromatic rings. The number of hydrogen-bond acceptors (Lipinski definition) is 5. The summed E-state index contributed by atoms with van der Waals surface area (Å²) in [6.45, 7) is 4.83. The van der Waals surface area contributed by atoms with Gasteiger partial charge in [-0.25, -0.2) is 0 Å². The van der Waals surface area contributed by atoms with E-state index >= 15 is 0 Å². The summed E-state index contributed by atoms with van der Waals surface area (Å²) in [6, 6.07) is 0.297. The van der Waals surface area contributed by atoms with Crippen molar-refractivity contribution in [1.82, 2.24) is 14.5 Å². The van der Waals surface area contributed by atoms with Crippen molar-refractivity contribution in [3.05, 3.63) is 10.6 Å². The van der Waals surface area contributed by atoms with E-state index in [0.717, 1.165) is 25.1 Å². The first-order chi connectivity index (χ1) is 10.6. The highest BCUT2D eigenvalue weighted by atomic mass is 32.1. The van der Waals surface area contributed by atoms with E-state index in [9.17, 15) is 4.79 Å². The second-order valence-electron chi connectivity index (χ2n) is 6.45. The van der Waals surface area contributed by atoms with E-state index < -0.39 is 0 Å². The summed E-state index contributed by atoms with van der Waals surface area (Å²) in [5, 5.41) is 4.07. The van der Waals surface area contributed by atoms with E-state index in [1.54, 1.807) is 0 Å². The van der Waals surface area contributed by atoms with Gasteiger partial charge in [0.25, 0.3) is 5.91 Å². The number of rotatable bonds is 5. The highest BCUT2D eigenvalue weighted by Gasteiger charge is 2.59. The minimum absolute atomic E-state index is 0.0815. The maximum atomic E-state index is 12.8. The van der Waals surface area contributed by atoms with E-state index in [-0.39, 0.29) is 11.3 Å². The van der Waals surface area contributed by atoms with Gasteiger partial charge in [-0.1, -0.05) is 24.3 Å². The summed E-state index contributed by atoms with van der Waals surface area (Å²) in [5.41, 5.74) is 1.01. The molecule has 2 aliphatic rings. The monoisotopic (exact) mass is 323 g/mol. The minimum Gasteiger partial charge on any atom is -0.378 e. The summed E-state index contributed by atoms with van der Waals surface area (Å²) < 4.78 is 9.90. The van der Waals surface area contributed by atoms with Crippen molar-refractivity contribution in [3.8, 4) is 0 Å². The van der Waals surface area contributed by atoms with Gasteiger partial charge in [-0.3, -0.25) is 4.79 Å². The summed E-state index contributed by atoms with van der Waals surface area (Å²) in [4.78, 5) is 15.5. The molecule has 0 bridgehead atoms. The highest BCUT2D eigenvalue weighted by Crippen LogP contribution is 2.56. The molecule has 5 nitrogen and oxygen atoms in total. The van der Waals surface area contributed by atoms with Crippen molar-refractivity contribution in [1.29, 1.82) is 0 Å². The number of ether oxygens (including phenoxy) is 1. The van der Waals surface area contributed by atoms with Crippen LogP contribution in [0.5, 0.6) is 0 Å². The minimum atomic E-state index is 0.0815. The van der Waals surface area contributed by atoms with Crippen molar-refractivity contribution in [3.63, 3.8) is 0 Å². The van der Waals surface area contributed by atoms with Gasteiger partial charge in [0.2, 0.25) is 0 Å². The maximum Gasteiger partial charge on any atom is 0.267 e. The molecule has 1 spiro atoms. The molecule has 0 saturated heterocycles. The molecule has 2 atom stereocenters. The summed E-state index contributed by atoms with van der Waals surface area (Å²) in [5.74, 6) is 0.0815. The number of amides is 1. The van der Waals surface area contributed by atoms with Gasteiger partial charge in [-0.05, 0) is 44.1 Å². The molecule has 1 aromatic heterocycles. The average molecular weight is 323 g/mol. The fraction of sp³-hybridized carbons (Fsp3) is 0.812. The second-order valence-corrected chi connectivity index (χ2v) is 7.21. The molecular formula is C16H25N3O2S. The molecule has 0 aliphatic heterocycles. The van der Waals surface area contributed by atoms with Gasteiger partial charge >= 0.3 is 0 Å². The Morgan fingerprint density at radius 2 is 2.14 bits per heavy atom. The van der Waals surface area contributed by atoms with Gasteiger partial charge < -0.3 is 9.64 Å². The third-order valence-electron chi connectivity index (χ3n) is 5.52. The molecule has 0 unspecified atom stereocenters. The largest absolute Gasteiger partial charge is 0.378 e. The van der Waals surface area contributed by atoms with Crippen LogP contribution in [0.3, 0.4) is 0 Å². The third-order valence-corrected chi connectivity index (χ3v) is 6.27. The van der Waals surface area contributed by atoms with Crippen LogP contribution in [-0.4, -0.2) is 46.2 Å². The summed E-state index contributed by atoms with van der Waals surface area (Å²) >= 11 is 1.22. The van der Waals surface area contributed by atoms with Crippen LogP contribution < -0.4 is 0 Å². The van der Waals surface area contributed by atoms with Crippen LogP contribution in [0.4, 0.5) is 0 Å². The fourth-order valence-corrected chi connectivity index (χ4v) is 5.03. The number of carbonyl (C=O) groups excluding carboxylic acids is 1. The summed E-state index contributed by atoms with van der Waals surface area (Å²) in [6.07, 6.45) is 6.91. The van der Waals surface area contributed by atoms with E-state index in [4.69, 9.17) is 4.74 Å². The average Bonchev–Trinajstić information content (AvgIpc) is 3.19. The Balaban J connectivity index is 1.77. The predicted octanol–water partition coefficient (Wildman–Crippen LogP) is 2.91. The Labute approximate surface area is 136 Å². The quantitative estimate of drug-likeness (QED) is 0.836. The highest BCUT2D eigenvalue weighted by molar-refractivity contribution is 7.08. The number of carbonyl (C=O) groups is 1. The molecule has 1 amide bonds. The van der Waals surface area contributed by atoms with Crippen LogP contribution >= 0.6 is 11.5 Å². The zero-order valence-electron chi connectivity index (χ0n) is 13.7. The van der Waals surface area contributed by atoms with Gasteiger partial charge in [0.15, 0.2) is 0 Å². The Bertz CT molecular complexity index is 539. The molecule has 2 fully saturated rings. The van der Waals surface area contributed by atoms with Crippen LogP contribution in [0, 0.1) is 5.41 Å². The molecule has 122 valence electrons. The van der Waals surface area contributed by atoms with Crippen LogP contribution in [0.1, 0.15) is 61.3 Å². The molecular weight excluding hydrogens is 298 g/mol. The second kappa shape index (κ2) is 6.24. The van der Waals surface area contributed by atoms with Crippen LogP contribution in [-0.2, 0) is 11.2 Å². The molecule has 0 aromatic carbocycles. The molecule has 0 N–H and O–H groups in total. The lowest BCUT2D eigenvalue weighted by molar-refractivity contribution is -0.152. The Morgan fingerprint density at radius 3 is 2.77 bits per heavy atom. The number of hydrogen-bond donors (Lipinski definition) is 0. The SMILES string of the molecule is CCO[C@@H]1C[C@@H](N(C)C(=O)c2snnc2CC)C12CCCC2. The van der Waals surface area contributed by atoms with Gasteiger partial charge in [-0.2, -0.15) is 0 Å². The first-order valence-corrected chi connectivity index (χ1v) is 9.11. The Kier molecular flexibility index (Phi) is 4.50. The third kappa shape index (κ3) is 2.36. The van der Waals surface area contributed by atoms with Gasteiger partial charge in [0.05, 0.1) is 11.8 Å². The normalized spacial score (nSPS) is 26.1. The smallest absolute Gasteiger partial charge is 0.267 e. The summed E-state index contributed by atoms with van der Waals surface area (Å²) in [7, 11) is 1.94. The van der Waals surface area contributed by atoms with Crippen LogP contribution in [0.15, 0.2) is 0 Å². The van der Waals surface area contributed by atoms with Crippen LogP contribution in [0.2, 0.25) is 0 Å². The van der Waals surface area contributed by atoms with Crippen molar-refractivity contribution in [2.45, 2.75) is 64.5 Å². The first-order valence-electron chi connectivity index (χ1n) is 8.34. The zero-order valence-corrected chi connectivity index (χ0v) is 14.5. The van der Waals surface area contributed by atoms with Gasteiger partial charge in [0.1, 0.15) is 4.88 Å². The van der Waals surface area contributed by atoms with Gasteiger partial charge in [0, 0.05) is 25.1 Å². The number of nitrogens with zero attached hydrogens (tertiary/aromatic N) is 3. The topological polar surface area (TPSA) is 55.3 Å². The molecule has 2 saturated carbocycles. The van der Waals surface area contributed by atoms with Crippen molar-refractivity contribution in [2.24, 2.45) is 5.41 Å². The number of aryl methyl sites for hydroxylation is 1. The Morgan fingerprint density at radius 1 is 1.41 bits per heavy atom. The predicted molar refractivity (Wildman–Crippen MR) is 86.1 cm³/mol. The van der Waals surface area contributed by atoms with E-state index in [2.05, 4.69) is 16.5 Å². The lowest BCUT2D eigenvalue weighted by atomic mass is 9.60. The standard InChI is InChI=1S/C16H25N3O2S/c1-4-11-14(22-18-17-11)15(20)19(3)12-10-13(21-5-2)16(12)8-6-7-9-16/h12-13H,4-10H2,1-3H3/t12-,13-/m1/s1. The molecule has 2 aliphatic carbocycles. The molecule has 0 radical (unpaired) electrons. The van der Waals surface area contributed by atoms with Crippen LogP contribution in [0.25, 0.3) is 0 Å². The first kappa shape index (κ1) is 15.9. The van der Waals surface area contributed by atoms with Crippen molar-refractivity contribution in [2.75, 3.05) is 13.7 Å². The fourth-order valence-electron chi connectivity index (χ4n) is 4.30. The maximum absolute atomic E-state index is 12.8. The lowest BCUT2D eigenvalue weighted by Gasteiger charge is -2.56. The number of aromatic nitrogens is 2. The van der Waals surface area contributed by atoms with E-state index in [0.29, 0.717) is 17.0 Å². The zero-order chi connectivity index (χ0) is 15.7.